The largest absolute Gasteiger partial charge is 0.324 e. The van der Waals surface area contributed by atoms with Crippen LogP contribution >= 0.6 is 0 Å². The van der Waals surface area contributed by atoms with Gasteiger partial charge in [-0.05, 0) is 37.8 Å². The summed E-state index contributed by atoms with van der Waals surface area (Å²) in [5, 5.41) is 10.8. The Kier molecular flexibility index (Phi) is 4.05. The standard InChI is InChI=1S/C12H15FN2O4S/c1-8(9-4-2-5-9)14-20(18,19)11-7-3-6-10(13)12(11)15(16)17/h3,6-9,14H,2,4-5H2,1H3. The van der Waals surface area contributed by atoms with Crippen LogP contribution in [0.25, 0.3) is 0 Å². The first-order valence-corrected chi connectivity index (χ1v) is 7.76. The van der Waals surface area contributed by atoms with Gasteiger partial charge in [0.2, 0.25) is 15.8 Å². The fourth-order valence-corrected chi connectivity index (χ4v) is 3.73. The lowest BCUT2D eigenvalue weighted by molar-refractivity contribution is -0.390. The Bertz CT molecular complexity index is 628. The number of nitro groups is 1. The average Bonchev–Trinajstić information content (AvgIpc) is 2.24. The molecule has 1 N–H and O–H groups in total. The van der Waals surface area contributed by atoms with Crippen molar-refractivity contribution >= 4 is 15.7 Å². The third kappa shape index (κ3) is 2.80. The van der Waals surface area contributed by atoms with Crippen LogP contribution < -0.4 is 4.72 Å². The van der Waals surface area contributed by atoms with Gasteiger partial charge in [-0.15, -0.1) is 0 Å². The lowest BCUT2D eigenvalue weighted by Gasteiger charge is -2.31. The van der Waals surface area contributed by atoms with E-state index >= 15 is 0 Å². The van der Waals surface area contributed by atoms with E-state index in [0.717, 1.165) is 37.5 Å². The maximum atomic E-state index is 13.5. The van der Waals surface area contributed by atoms with E-state index in [1.54, 1.807) is 6.92 Å². The minimum atomic E-state index is -4.11. The molecule has 0 amide bonds. The first-order valence-electron chi connectivity index (χ1n) is 6.28. The topological polar surface area (TPSA) is 89.3 Å². The fourth-order valence-electron chi connectivity index (χ4n) is 2.23. The number of para-hydroxylation sites is 1. The average molecular weight is 302 g/mol. The van der Waals surface area contributed by atoms with Crippen molar-refractivity contribution in [1.82, 2.24) is 4.72 Å². The summed E-state index contributed by atoms with van der Waals surface area (Å²) < 4.78 is 40.2. The van der Waals surface area contributed by atoms with Gasteiger partial charge in [-0.3, -0.25) is 10.1 Å². The minimum Gasteiger partial charge on any atom is -0.258 e. The van der Waals surface area contributed by atoms with Gasteiger partial charge in [-0.2, -0.15) is 4.39 Å². The highest BCUT2D eigenvalue weighted by molar-refractivity contribution is 7.89. The second kappa shape index (κ2) is 5.45. The first-order chi connectivity index (χ1) is 9.33. The maximum absolute atomic E-state index is 13.5. The van der Waals surface area contributed by atoms with Crippen molar-refractivity contribution in [3.05, 3.63) is 34.1 Å². The fraction of sp³-hybridized carbons (Fsp3) is 0.500. The van der Waals surface area contributed by atoms with Crippen LogP contribution in [0.15, 0.2) is 23.1 Å². The molecule has 1 atom stereocenters. The molecule has 20 heavy (non-hydrogen) atoms. The van der Waals surface area contributed by atoms with Crippen LogP contribution in [-0.4, -0.2) is 19.4 Å². The van der Waals surface area contributed by atoms with E-state index in [1.165, 1.54) is 0 Å². The molecule has 1 aliphatic rings. The van der Waals surface area contributed by atoms with Crippen LogP contribution in [0.3, 0.4) is 0 Å². The molecule has 8 heteroatoms. The van der Waals surface area contributed by atoms with Gasteiger partial charge in [0.15, 0.2) is 4.90 Å². The number of rotatable bonds is 5. The Morgan fingerprint density at radius 1 is 1.45 bits per heavy atom. The van der Waals surface area contributed by atoms with Crippen molar-refractivity contribution in [2.45, 2.75) is 37.1 Å². The van der Waals surface area contributed by atoms with Crippen LogP contribution in [0.5, 0.6) is 0 Å². The van der Waals surface area contributed by atoms with E-state index < -0.39 is 31.3 Å². The van der Waals surface area contributed by atoms with Crippen LogP contribution in [0.1, 0.15) is 26.2 Å². The number of sulfonamides is 1. The third-order valence-electron chi connectivity index (χ3n) is 3.62. The summed E-state index contributed by atoms with van der Waals surface area (Å²) in [6, 6.07) is 2.73. The number of nitro benzene ring substituents is 1. The number of nitrogens with one attached hydrogen (secondary N) is 1. The SMILES string of the molecule is CC(NS(=O)(=O)c1cccc(F)c1[N+](=O)[O-])C1CCC1. The lowest BCUT2D eigenvalue weighted by Crippen LogP contribution is -2.40. The zero-order valence-corrected chi connectivity index (χ0v) is 11.7. The molecule has 1 unspecified atom stereocenters. The minimum absolute atomic E-state index is 0.234. The molecule has 0 aliphatic heterocycles. The number of hydrogen-bond donors (Lipinski definition) is 1. The zero-order chi connectivity index (χ0) is 14.9. The van der Waals surface area contributed by atoms with Crippen LogP contribution in [0.2, 0.25) is 0 Å². The molecule has 1 aromatic rings. The van der Waals surface area contributed by atoms with E-state index in [0.29, 0.717) is 0 Å². The van der Waals surface area contributed by atoms with Gasteiger partial charge < -0.3 is 0 Å². The van der Waals surface area contributed by atoms with E-state index in [4.69, 9.17) is 0 Å². The van der Waals surface area contributed by atoms with Gasteiger partial charge in [-0.25, -0.2) is 13.1 Å². The van der Waals surface area contributed by atoms with E-state index in [2.05, 4.69) is 4.72 Å². The summed E-state index contributed by atoms with van der Waals surface area (Å²) in [6.07, 6.45) is 2.90. The molecule has 0 saturated heterocycles. The number of benzene rings is 1. The van der Waals surface area contributed by atoms with Gasteiger partial charge in [0.05, 0.1) is 4.92 Å². The molecule has 1 aromatic carbocycles. The van der Waals surface area contributed by atoms with Gasteiger partial charge in [0.25, 0.3) is 0 Å². The van der Waals surface area contributed by atoms with E-state index in [1.807, 2.05) is 0 Å². The summed E-state index contributed by atoms with van der Waals surface area (Å²) in [4.78, 5) is 9.20. The van der Waals surface area contributed by atoms with Crippen LogP contribution in [0.4, 0.5) is 10.1 Å². The van der Waals surface area contributed by atoms with Crippen LogP contribution in [0, 0.1) is 21.8 Å². The van der Waals surface area contributed by atoms with Crippen molar-refractivity contribution < 1.29 is 17.7 Å². The first kappa shape index (κ1) is 14.9. The summed E-state index contributed by atoms with van der Waals surface area (Å²) in [5.74, 6) is -0.924. The Balaban J connectivity index is 2.34. The molecule has 1 saturated carbocycles. The molecule has 1 fully saturated rings. The Hall–Kier alpha value is -1.54. The van der Waals surface area contributed by atoms with Gasteiger partial charge >= 0.3 is 5.69 Å². The summed E-state index contributed by atoms with van der Waals surface area (Å²) in [6.45, 7) is 1.71. The van der Waals surface area contributed by atoms with E-state index in [-0.39, 0.29) is 12.0 Å². The molecule has 2 rings (SSSR count). The molecule has 0 spiro atoms. The molecule has 0 aromatic heterocycles. The number of hydrogen-bond acceptors (Lipinski definition) is 4. The van der Waals surface area contributed by atoms with Crippen molar-refractivity contribution in [2.75, 3.05) is 0 Å². The molecule has 1 aliphatic carbocycles. The quantitative estimate of drug-likeness (QED) is 0.667. The second-order valence-electron chi connectivity index (χ2n) is 4.94. The van der Waals surface area contributed by atoms with Crippen LogP contribution in [-0.2, 0) is 10.0 Å². The highest BCUT2D eigenvalue weighted by atomic mass is 32.2. The monoisotopic (exact) mass is 302 g/mol. The molecule has 0 bridgehead atoms. The highest BCUT2D eigenvalue weighted by Crippen LogP contribution is 2.31. The predicted molar refractivity (Wildman–Crippen MR) is 70.2 cm³/mol. The third-order valence-corrected chi connectivity index (χ3v) is 5.21. The smallest absolute Gasteiger partial charge is 0.258 e. The number of nitrogens with zero attached hydrogens (tertiary/aromatic N) is 1. The van der Waals surface area contributed by atoms with Crippen molar-refractivity contribution in [3.8, 4) is 0 Å². The van der Waals surface area contributed by atoms with Crippen molar-refractivity contribution in [1.29, 1.82) is 0 Å². The van der Waals surface area contributed by atoms with Gasteiger partial charge in [-0.1, -0.05) is 12.5 Å². The molecule has 0 radical (unpaired) electrons. The highest BCUT2D eigenvalue weighted by Gasteiger charge is 2.33. The van der Waals surface area contributed by atoms with Crippen molar-refractivity contribution in [3.63, 3.8) is 0 Å². The maximum Gasteiger partial charge on any atom is 0.324 e. The van der Waals surface area contributed by atoms with E-state index in [9.17, 15) is 22.9 Å². The summed E-state index contributed by atoms with van der Waals surface area (Å²) in [7, 11) is -4.11. The molecule has 110 valence electrons. The summed E-state index contributed by atoms with van der Waals surface area (Å²) >= 11 is 0. The van der Waals surface area contributed by atoms with Crippen molar-refractivity contribution in [2.24, 2.45) is 5.92 Å². The molecule has 6 nitrogen and oxygen atoms in total. The molecule has 0 heterocycles. The van der Waals surface area contributed by atoms with Gasteiger partial charge in [0.1, 0.15) is 0 Å². The molecular weight excluding hydrogens is 287 g/mol. The Labute approximate surface area is 116 Å². The normalized spacial score (nSPS) is 17.5. The zero-order valence-electron chi connectivity index (χ0n) is 10.9. The second-order valence-corrected chi connectivity index (χ2v) is 6.63. The number of halogens is 1. The summed E-state index contributed by atoms with van der Waals surface area (Å²) in [5.41, 5.74) is -1.01. The Morgan fingerprint density at radius 2 is 2.10 bits per heavy atom. The predicted octanol–water partition coefficient (Wildman–Crippen LogP) is 2.20. The Morgan fingerprint density at radius 3 is 2.60 bits per heavy atom. The lowest BCUT2D eigenvalue weighted by atomic mass is 9.81. The molecular formula is C12H15FN2O4S. The van der Waals surface area contributed by atoms with Gasteiger partial charge in [0, 0.05) is 6.04 Å².